The molecule has 0 atom stereocenters. The van der Waals surface area contributed by atoms with Crippen molar-refractivity contribution >= 4 is 18.3 Å². The molecule has 0 fully saturated rings. The molecule has 0 heterocycles. The maximum atomic E-state index is 5.28. The summed E-state index contributed by atoms with van der Waals surface area (Å²) in [4.78, 5) is 0.942. The number of nitrogens with two attached hydrogens (primary N) is 1. The van der Waals surface area contributed by atoms with Crippen LogP contribution in [-0.2, 0) is 6.42 Å². The largest absolute Gasteiger partial charge is 0.323 e. The van der Waals surface area contributed by atoms with E-state index < -0.39 is 0 Å². The van der Waals surface area contributed by atoms with Gasteiger partial charge in [0.25, 0.3) is 0 Å². The van der Waals surface area contributed by atoms with E-state index in [4.69, 9.17) is 5.84 Å². The van der Waals surface area contributed by atoms with Crippen LogP contribution in [-0.4, -0.2) is 0 Å². The van der Waals surface area contributed by atoms with Crippen molar-refractivity contribution in [1.29, 1.82) is 0 Å². The summed E-state index contributed by atoms with van der Waals surface area (Å²) in [6, 6.07) is 5.92. The number of hydrogen-bond acceptors (Lipinski definition) is 3. The molecular weight excluding hydrogens is 156 g/mol. The molecule has 1 aromatic carbocycles. The lowest BCUT2D eigenvalue weighted by atomic mass is 10.1. The zero-order valence-corrected chi connectivity index (χ0v) is 7.36. The van der Waals surface area contributed by atoms with Gasteiger partial charge < -0.3 is 5.43 Å². The lowest BCUT2D eigenvalue weighted by Gasteiger charge is -2.07. The average molecular weight is 168 g/mol. The predicted octanol–water partition coefficient (Wildman–Crippen LogP) is 1.82. The molecule has 0 aliphatic carbocycles. The van der Waals surface area contributed by atoms with Crippen molar-refractivity contribution in [2.45, 2.75) is 18.2 Å². The maximum absolute atomic E-state index is 5.28. The molecule has 0 amide bonds. The summed E-state index contributed by atoms with van der Waals surface area (Å²) in [7, 11) is 0. The molecule has 0 unspecified atom stereocenters. The number of aryl methyl sites for hydroxylation is 1. The van der Waals surface area contributed by atoms with Crippen LogP contribution in [0, 0.1) is 0 Å². The summed E-state index contributed by atoms with van der Waals surface area (Å²) in [6.07, 6.45) is 0.981. The normalized spacial score (nSPS) is 9.73. The van der Waals surface area contributed by atoms with E-state index in [1.165, 1.54) is 5.56 Å². The third-order valence-electron chi connectivity index (χ3n) is 1.66. The van der Waals surface area contributed by atoms with Crippen molar-refractivity contribution in [2.24, 2.45) is 5.84 Å². The zero-order chi connectivity index (χ0) is 8.27. The Morgan fingerprint density at radius 1 is 1.55 bits per heavy atom. The Balaban J connectivity index is 3.10. The molecule has 0 spiro atoms. The molecule has 1 rings (SSSR count). The topological polar surface area (TPSA) is 38.0 Å². The van der Waals surface area contributed by atoms with Crippen LogP contribution >= 0.6 is 12.6 Å². The molecule has 3 heteroatoms. The number of nitrogen functional groups attached to an aromatic ring is 1. The first-order chi connectivity index (χ1) is 5.29. The molecule has 0 saturated heterocycles. The van der Waals surface area contributed by atoms with Crippen molar-refractivity contribution in [1.82, 2.24) is 0 Å². The van der Waals surface area contributed by atoms with Crippen molar-refractivity contribution < 1.29 is 0 Å². The van der Waals surface area contributed by atoms with Crippen molar-refractivity contribution in [3.8, 4) is 0 Å². The van der Waals surface area contributed by atoms with Crippen molar-refractivity contribution in [3.05, 3.63) is 23.8 Å². The Morgan fingerprint density at radius 3 is 2.82 bits per heavy atom. The number of anilines is 1. The zero-order valence-electron chi connectivity index (χ0n) is 6.46. The first-order valence-corrected chi connectivity index (χ1v) is 4.01. The smallest absolute Gasteiger partial charge is 0.0621 e. The highest BCUT2D eigenvalue weighted by molar-refractivity contribution is 7.80. The fraction of sp³-hybridized carbons (Fsp3) is 0.250. The fourth-order valence-corrected chi connectivity index (χ4v) is 1.36. The summed E-state index contributed by atoms with van der Waals surface area (Å²) in [5.41, 5.74) is 4.69. The maximum Gasteiger partial charge on any atom is 0.0621 e. The van der Waals surface area contributed by atoms with Crippen LogP contribution in [0.1, 0.15) is 12.5 Å². The summed E-state index contributed by atoms with van der Waals surface area (Å²) < 4.78 is 0. The Labute approximate surface area is 72.2 Å². The van der Waals surface area contributed by atoms with Crippen LogP contribution in [0.4, 0.5) is 5.69 Å². The molecule has 0 saturated carbocycles. The second kappa shape index (κ2) is 3.64. The summed E-state index contributed by atoms with van der Waals surface area (Å²) >= 11 is 4.33. The standard InChI is InChI=1S/C8H12N2S/c1-2-6-4-3-5-7(10-9)8(6)11/h3-5,10-11H,2,9H2,1H3. The Hall–Kier alpha value is -0.670. The van der Waals surface area contributed by atoms with E-state index in [0.29, 0.717) is 0 Å². The minimum atomic E-state index is 0.882. The van der Waals surface area contributed by atoms with Gasteiger partial charge in [-0.15, -0.1) is 12.6 Å². The van der Waals surface area contributed by atoms with E-state index in [0.717, 1.165) is 17.0 Å². The van der Waals surface area contributed by atoms with Crippen LogP contribution in [0.2, 0.25) is 0 Å². The minimum absolute atomic E-state index is 0.882. The molecule has 0 bridgehead atoms. The SMILES string of the molecule is CCc1cccc(NN)c1S. The van der Waals surface area contributed by atoms with Gasteiger partial charge in [0.05, 0.1) is 5.69 Å². The second-order valence-corrected chi connectivity index (χ2v) is 2.76. The first kappa shape index (κ1) is 8.43. The molecule has 3 N–H and O–H groups in total. The van der Waals surface area contributed by atoms with Gasteiger partial charge in [-0.3, -0.25) is 5.84 Å². The highest BCUT2D eigenvalue weighted by Crippen LogP contribution is 2.22. The Bertz CT molecular complexity index is 226. The van der Waals surface area contributed by atoms with Crippen LogP contribution in [0.3, 0.4) is 0 Å². The first-order valence-electron chi connectivity index (χ1n) is 3.57. The molecule has 1 aromatic rings. The average Bonchev–Trinajstić information content (AvgIpc) is 2.05. The van der Waals surface area contributed by atoms with E-state index in [-0.39, 0.29) is 0 Å². The van der Waals surface area contributed by atoms with Gasteiger partial charge in [0, 0.05) is 4.90 Å². The van der Waals surface area contributed by atoms with E-state index in [2.05, 4.69) is 25.0 Å². The Morgan fingerprint density at radius 2 is 2.27 bits per heavy atom. The lowest BCUT2D eigenvalue weighted by Crippen LogP contribution is -2.07. The molecule has 0 radical (unpaired) electrons. The van der Waals surface area contributed by atoms with Gasteiger partial charge in [-0.05, 0) is 18.1 Å². The summed E-state index contributed by atoms with van der Waals surface area (Å²) in [6.45, 7) is 2.09. The number of benzene rings is 1. The molecular formula is C8H12N2S. The third-order valence-corrected chi connectivity index (χ3v) is 2.18. The van der Waals surface area contributed by atoms with E-state index in [1.807, 2.05) is 18.2 Å². The van der Waals surface area contributed by atoms with Crippen LogP contribution in [0.25, 0.3) is 0 Å². The number of hydrazine groups is 1. The second-order valence-electron chi connectivity index (χ2n) is 2.31. The van der Waals surface area contributed by atoms with E-state index >= 15 is 0 Å². The van der Waals surface area contributed by atoms with Crippen molar-refractivity contribution in [2.75, 3.05) is 5.43 Å². The number of rotatable bonds is 2. The van der Waals surface area contributed by atoms with Gasteiger partial charge in [-0.2, -0.15) is 0 Å². The van der Waals surface area contributed by atoms with Gasteiger partial charge in [0.2, 0.25) is 0 Å². The number of hydrogen-bond donors (Lipinski definition) is 3. The van der Waals surface area contributed by atoms with Crippen LogP contribution in [0.5, 0.6) is 0 Å². The molecule has 0 aliphatic heterocycles. The van der Waals surface area contributed by atoms with Crippen molar-refractivity contribution in [3.63, 3.8) is 0 Å². The highest BCUT2D eigenvalue weighted by atomic mass is 32.1. The summed E-state index contributed by atoms with van der Waals surface area (Å²) in [5, 5.41) is 0. The summed E-state index contributed by atoms with van der Waals surface area (Å²) in [5.74, 6) is 5.28. The van der Waals surface area contributed by atoms with E-state index in [9.17, 15) is 0 Å². The highest BCUT2D eigenvalue weighted by Gasteiger charge is 1.99. The van der Waals surface area contributed by atoms with Gasteiger partial charge in [0.15, 0.2) is 0 Å². The molecule has 0 aromatic heterocycles. The minimum Gasteiger partial charge on any atom is -0.323 e. The monoisotopic (exact) mass is 168 g/mol. The molecule has 11 heavy (non-hydrogen) atoms. The van der Waals surface area contributed by atoms with E-state index in [1.54, 1.807) is 0 Å². The number of nitrogens with one attached hydrogen (secondary N) is 1. The third kappa shape index (κ3) is 1.67. The van der Waals surface area contributed by atoms with Gasteiger partial charge in [-0.25, -0.2) is 0 Å². The molecule has 0 aliphatic rings. The van der Waals surface area contributed by atoms with Gasteiger partial charge >= 0.3 is 0 Å². The van der Waals surface area contributed by atoms with Crippen LogP contribution in [0.15, 0.2) is 23.1 Å². The predicted molar refractivity (Wildman–Crippen MR) is 50.9 cm³/mol. The number of thiol groups is 1. The molecule has 60 valence electrons. The quantitative estimate of drug-likeness (QED) is 0.358. The Kier molecular flexibility index (Phi) is 2.79. The fourth-order valence-electron chi connectivity index (χ4n) is 0.993. The van der Waals surface area contributed by atoms with Gasteiger partial charge in [-0.1, -0.05) is 19.1 Å². The van der Waals surface area contributed by atoms with Gasteiger partial charge in [0.1, 0.15) is 0 Å². The van der Waals surface area contributed by atoms with Crippen LogP contribution < -0.4 is 11.3 Å². The lowest BCUT2D eigenvalue weighted by molar-refractivity contribution is 1.08. The molecule has 2 nitrogen and oxygen atoms in total.